The zero-order valence-corrected chi connectivity index (χ0v) is 16.4. The highest BCUT2D eigenvalue weighted by molar-refractivity contribution is 9.10. The summed E-state index contributed by atoms with van der Waals surface area (Å²) in [5.74, 6) is -0.136. The van der Waals surface area contributed by atoms with Crippen LogP contribution in [0.25, 0.3) is 11.3 Å². The van der Waals surface area contributed by atoms with Gasteiger partial charge >= 0.3 is 5.97 Å². The lowest BCUT2D eigenvalue weighted by molar-refractivity contribution is 0.0600. The summed E-state index contributed by atoms with van der Waals surface area (Å²) >= 11 is 3.41. The molecule has 0 spiro atoms. The van der Waals surface area contributed by atoms with E-state index in [1.165, 1.54) is 13.2 Å². The Morgan fingerprint density at radius 1 is 1.15 bits per heavy atom. The van der Waals surface area contributed by atoms with Crippen LogP contribution >= 0.6 is 15.9 Å². The molecule has 0 radical (unpaired) electrons. The number of nitrogens with one attached hydrogen (secondary N) is 2. The second-order valence-electron chi connectivity index (χ2n) is 5.96. The fraction of sp³-hybridized carbons (Fsp3) is 0.150. The number of hydrogen-bond acceptors (Lipinski definition) is 4. The molecule has 1 atom stereocenters. The van der Waals surface area contributed by atoms with Gasteiger partial charge in [0.15, 0.2) is 0 Å². The first kappa shape index (κ1) is 18.8. The Kier molecular flexibility index (Phi) is 5.71. The summed E-state index contributed by atoms with van der Waals surface area (Å²) in [5, 5.41) is 2.88. The zero-order chi connectivity index (χ0) is 19.4. The molecule has 2 aromatic carbocycles. The highest BCUT2D eigenvalue weighted by Gasteiger charge is 2.16. The van der Waals surface area contributed by atoms with E-state index >= 15 is 0 Å². The number of ether oxygens (including phenoxy) is 1. The first-order chi connectivity index (χ1) is 13.0. The van der Waals surface area contributed by atoms with Crippen molar-refractivity contribution in [2.45, 2.75) is 13.0 Å². The topological polar surface area (TPSA) is 84.1 Å². The van der Waals surface area contributed by atoms with Gasteiger partial charge < -0.3 is 15.0 Å². The van der Waals surface area contributed by atoms with Crippen LogP contribution in [0.2, 0.25) is 0 Å². The number of aromatic amines is 1. The summed E-state index contributed by atoms with van der Waals surface area (Å²) in [4.78, 5) is 31.7. The predicted molar refractivity (Wildman–Crippen MR) is 105 cm³/mol. The number of nitrogens with zero attached hydrogens (tertiary/aromatic N) is 1. The largest absolute Gasteiger partial charge is 0.465 e. The van der Waals surface area contributed by atoms with E-state index in [0.29, 0.717) is 17.0 Å². The van der Waals surface area contributed by atoms with Crippen LogP contribution in [0.3, 0.4) is 0 Å². The van der Waals surface area contributed by atoms with Crippen LogP contribution in [-0.4, -0.2) is 29.0 Å². The molecule has 1 aromatic heterocycles. The molecule has 0 fully saturated rings. The molecule has 7 heteroatoms. The normalized spacial score (nSPS) is 11.7. The van der Waals surface area contributed by atoms with Crippen molar-refractivity contribution in [2.75, 3.05) is 7.11 Å². The molecule has 2 N–H and O–H groups in total. The number of halogens is 1. The summed E-state index contributed by atoms with van der Waals surface area (Å²) in [7, 11) is 1.30. The number of methoxy groups -OCH3 is 1. The van der Waals surface area contributed by atoms with Crippen molar-refractivity contribution >= 4 is 27.8 Å². The number of rotatable bonds is 5. The van der Waals surface area contributed by atoms with Crippen molar-refractivity contribution in [3.8, 4) is 11.3 Å². The molecular formula is C20H18BrN3O3. The molecular weight excluding hydrogens is 410 g/mol. The maximum atomic E-state index is 12.5. The number of carbonyl (C=O) groups excluding carboxylic acids is 2. The van der Waals surface area contributed by atoms with Gasteiger partial charge in [0.25, 0.3) is 5.91 Å². The quantitative estimate of drug-likeness (QED) is 0.599. The first-order valence-corrected chi connectivity index (χ1v) is 9.07. The molecule has 1 heterocycles. The molecule has 0 aliphatic carbocycles. The Morgan fingerprint density at radius 2 is 1.85 bits per heavy atom. The third-order valence-corrected chi connectivity index (χ3v) is 4.58. The molecule has 3 rings (SSSR count). The lowest BCUT2D eigenvalue weighted by Crippen LogP contribution is -2.27. The Bertz CT molecular complexity index is 967. The van der Waals surface area contributed by atoms with Crippen molar-refractivity contribution < 1.29 is 14.3 Å². The van der Waals surface area contributed by atoms with Crippen LogP contribution in [-0.2, 0) is 4.74 Å². The number of amides is 1. The van der Waals surface area contributed by atoms with Gasteiger partial charge in [-0.05, 0) is 42.8 Å². The maximum absolute atomic E-state index is 12.5. The van der Waals surface area contributed by atoms with Crippen LogP contribution in [0.15, 0.2) is 59.2 Å². The van der Waals surface area contributed by atoms with Crippen LogP contribution in [0, 0.1) is 0 Å². The van der Waals surface area contributed by atoms with Crippen molar-refractivity contribution in [3.05, 3.63) is 76.2 Å². The van der Waals surface area contributed by atoms with Gasteiger partial charge in [0.1, 0.15) is 5.82 Å². The molecule has 1 unspecified atom stereocenters. The van der Waals surface area contributed by atoms with Crippen molar-refractivity contribution in [1.29, 1.82) is 0 Å². The van der Waals surface area contributed by atoms with Crippen molar-refractivity contribution in [2.24, 2.45) is 0 Å². The third kappa shape index (κ3) is 4.43. The minimum absolute atomic E-state index is 0.296. The van der Waals surface area contributed by atoms with Crippen LogP contribution < -0.4 is 5.32 Å². The molecule has 3 aromatic rings. The molecule has 27 heavy (non-hydrogen) atoms. The summed E-state index contributed by atoms with van der Waals surface area (Å²) in [5.41, 5.74) is 2.57. The second-order valence-corrected chi connectivity index (χ2v) is 6.87. The molecule has 1 amide bonds. The maximum Gasteiger partial charge on any atom is 0.337 e. The van der Waals surface area contributed by atoms with Gasteiger partial charge in [0.2, 0.25) is 0 Å². The van der Waals surface area contributed by atoms with Crippen LogP contribution in [0.4, 0.5) is 0 Å². The molecule has 0 saturated heterocycles. The fourth-order valence-corrected chi connectivity index (χ4v) is 2.85. The summed E-state index contributed by atoms with van der Waals surface area (Å²) < 4.78 is 5.69. The molecule has 6 nitrogen and oxygen atoms in total. The monoisotopic (exact) mass is 427 g/mol. The van der Waals surface area contributed by atoms with Crippen molar-refractivity contribution in [3.63, 3.8) is 0 Å². The number of imidazole rings is 1. The average molecular weight is 428 g/mol. The molecule has 0 saturated carbocycles. The summed E-state index contributed by atoms with van der Waals surface area (Å²) in [6, 6.07) is 13.9. The minimum Gasteiger partial charge on any atom is -0.465 e. The Morgan fingerprint density at radius 3 is 2.56 bits per heavy atom. The highest BCUT2D eigenvalue weighted by Crippen LogP contribution is 2.21. The zero-order valence-electron chi connectivity index (χ0n) is 14.8. The lowest BCUT2D eigenvalue weighted by Gasteiger charge is -2.12. The van der Waals surface area contributed by atoms with Gasteiger partial charge in [-0.3, -0.25) is 4.79 Å². The van der Waals surface area contributed by atoms with Gasteiger partial charge in [-0.15, -0.1) is 0 Å². The van der Waals surface area contributed by atoms with Gasteiger partial charge in [-0.25, -0.2) is 9.78 Å². The fourth-order valence-electron chi connectivity index (χ4n) is 2.59. The smallest absolute Gasteiger partial charge is 0.337 e. The van der Waals surface area contributed by atoms with E-state index in [9.17, 15) is 9.59 Å². The Hall–Kier alpha value is -2.93. The summed E-state index contributed by atoms with van der Waals surface area (Å²) in [6.45, 7) is 1.84. The highest BCUT2D eigenvalue weighted by atomic mass is 79.9. The van der Waals surface area contributed by atoms with Gasteiger partial charge in [-0.1, -0.05) is 34.1 Å². The molecule has 0 aliphatic rings. The SMILES string of the molecule is COC(=O)c1cccc(C(=O)NC(C)c2ncc(-c3ccc(Br)cc3)[nH]2)c1. The summed E-state index contributed by atoms with van der Waals surface area (Å²) in [6.07, 6.45) is 1.74. The molecule has 0 aliphatic heterocycles. The predicted octanol–water partition coefficient (Wildman–Crippen LogP) is 4.12. The third-order valence-electron chi connectivity index (χ3n) is 4.05. The lowest BCUT2D eigenvalue weighted by atomic mass is 10.1. The minimum atomic E-state index is -0.483. The number of hydrogen-bond donors (Lipinski definition) is 2. The van der Waals surface area contributed by atoms with E-state index in [4.69, 9.17) is 0 Å². The number of carbonyl (C=O) groups is 2. The average Bonchev–Trinajstić information content (AvgIpc) is 3.18. The standard InChI is InChI=1S/C20H18BrN3O3/c1-12(18-22-11-17(24-18)13-6-8-16(21)9-7-13)23-19(25)14-4-3-5-15(10-14)20(26)27-2/h3-12H,1-2H3,(H,22,24)(H,23,25). The van der Waals surface area contributed by atoms with Gasteiger partial charge in [-0.2, -0.15) is 0 Å². The first-order valence-electron chi connectivity index (χ1n) is 8.28. The Labute approximate surface area is 165 Å². The second kappa shape index (κ2) is 8.18. The van der Waals surface area contributed by atoms with Crippen LogP contribution in [0.5, 0.6) is 0 Å². The van der Waals surface area contributed by atoms with Gasteiger partial charge in [0, 0.05) is 10.0 Å². The van der Waals surface area contributed by atoms with E-state index in [-0.39, 0.29) is 11.9 Å². The number of H-pyrrole nitrogens is 1. The number of esters is 1. The Balaban J connectivity index is 1.72. The molecule has 138 valence electrons. The van der Waals surface area contributed by atoms with Gasteiger partial charge in [0.05, 0.1) is 30.6 Å². The van der Waals surface area contributed by atoms with E-state index in [0.717, 1.165) is 15.7 Å². The number of aromatic nitrogens is 2. The number of benzene rings is 2. The van der Waals surface area contributed by atoms with E-state index in [2.05, 4.69) is 36.0 Å². The van der Waals surface area contributed by atoms with E-state index < -0.39 is 5.97 Å². The van der Waals surface area contributed by atoms with Crippen molar-refractivity contribution in [1.82, 2.24) is 15.3 Å². The van der Waals surface area contributed by atoms with E-state index in [1.54, 1.807) is 24.4 Å². The van der Waals surface area contributed by atoms with E-state index in [1.807, 2.05) is 31.2 Å². The van der Waals surface area contributed by atoms with Crippen LogP contribution in [0.1, 0.15) is 39.5 Å². The molecule has 0 bridgehead atoms.